The van der Waals surface area contributed by atoms with Crippen molar-refractivity contribution in [2.24, 2.45) is 5.92 Å². The lowest BCUT2D eigenvalue weighted by Crippen LogP contribution is -2.14. The van der Waals surface area contributed by atoms with E-state index in [1.54, 1.807) is 19.9 Å². The van der Waals surface area contributed by atoms with Gasteiger partial charge in [-0.05, 0) is 13.8 Å². The highest BCUT2D eigenvalue weighted by molar-refractivity contribution is 8.16. The van der Waals surface area contributed by atoms with E-state index in [-0.39, 0.29) is 17.0 Å². The molecule has 0 aliphatic carbocycles. The van der Waals surface area contributed by atoms with Crippen molar-refractivity contribution in [2.45, 2.75) is 27.7 Å². The highest BCUT2D eigenvalue weighted by Gasteiger charge is 2.20. The number of carbonyl (C=O) groups is 2. The van der Waals surface area contributed by atoms with Gasteiger partial charge in [0.05, 0.1) is 12.2 Å². The minimum atomic E-state index is -0.374. The Morgan fingerprint density at radius 3 is 2.38 bits per heavy atom. The van der Waals surface area contributed by atoms with Gasteiger partial charge in [-0.1, -0.05) is 24.8 Å². The molecule has 0 N–H and O–H groups in total. The van der Waals surface area contributed by atoms with Crippen LogP contribution in [0.25, 0.3) is 0 Å². The Morgan fingerprint density at radius 2 is 2.00 bits per heavy atom. The molecule has 0 aromatic heterocycles. The summed E-state index contributed by atoms with van der Waals surface area (Å²) in [7, 11) is 0. The molecule has 16 heavy (non-hydrogen) atoms. The molecule has 90 valence electrons. The zero-order valence-electron chi connectivity index (χ0n) is 10.2. The zero-order valence-corrected chi connectivity index (χ0v) is 11.0. The van der Waals surface area contributed by atoms with Crippen LogP contribution in [0.3, 0.4) is 0 Å². The van der Waals surface area contributed by atoms with Crippen molar-refractivity contribution in [1.29, 1.82) is 0 Å². The maximum atomic E-state index is 11.7. The molecule has 4 heteroatoms. The maximum Gasteiger partial charge on any atom is 0.335 e. The third-order valence-electron chi connectivity index (χ3n) is 1.98. The van der Waals surface area contributed by atoms with E-state index in [2.05, 4.69) is 6.58 Å². The van der Waals surface area contributed by atoms with Gasteiger partial charge in [0.15, 0.2) is 5.12 Å². The van der Waals surface area contributed by atoms with E-state index in [4.69, 9.17) is 4.74 Å². The van der Waals surface area contributed by atoms with Crippen LogP contribution in [-0.4, -0.2) is 17.7 Å². The number of allylic oxidation sites excluding steroid dienone is 2. The first-order valence-electron chi connectivity index (χ1n) is 5.12. The van der Waals surface area contributed by atoms with Crippen LogP contribution >= 0.6 is 11.8 Å². The van der Waals surface area contributed by atoms with Crippen molar-refractivity contribution >= 4 is 22.8 Å². The maximum absolute atomic E-state index is 11.7. The summed E-state index contributed by atoms with van der Waals surface area (Å²) in [6.45, 7) is 10.8. The van der Waals surface area contributed by atoms with Crippen molar-refractivity contribution < 1.29 is 14.3 Å². The van der Waals surface area contributed by atoms with Gasteiger partial charge >= 0.3 is 5.97 Å². The zero-order chi connectivity index (χ0) is 12.7. The van der Waals surface area contributed by atoms with Gasteiger partial charge in [-0.25, -0.2) is 4.79 Å². The molecular weight excluding hydrogens is 224 g/mol. The Balaban J connectivity index is 5.12. The lowest BCUT2D eigenvalue weighted by Gasteiger charge is -2.13. The van der Waals surface area contributed by atoms with Crippen LogP contribution in [0, 0.1) is 5.92 Å². The standard InChI is InChI=1S/C12H18O3S/c1-6-8(3)11(12(14)15-7-2)9(4)16-10(5)13/h6,8H,1,7H2,2-5H3/b11-9-. The lowest BCUT2D eigenvalue weighted by molar-refractivity contribution is -0.138. The number of rotatable bonds is 5. The van der Waals surface area contributed by atoms with E-state index in [0.29, 0.717) is 17.1 Å². The van der Waals surface area contributed by atoms with Gasteiger partial charge < -0.3 is 4.74 Å². The Bertz CT molecular complexity index is 318. The van der Waals surface area contributed by atoms with E-state index in [9.17, 15) is 9.59 Å². The van der Waals surface area contributed by atoms with Gasteiger partial charge in [0.2, 0.25) is 0 Å². The largest absolute Gasteiger partial charge is 0.463 e. The van der Waals surface area contributed by atoms with Gasteiger partial charge in [-0.15, -0.1) is 6.58 Å². The average Bonchev–Trinajstić information content (AvgIpc) is 2.16. The van der Waals surface area contributed by atoms with E-state index < -0.39 is 0 Å². The normalized spacial score (nSPS) is 13.8. The monoisotopic (exact) mass is 242 g/mol. The van der Waals surface area contributed by atoms with Crippen LogP contribution < -0.4 is 0 Å². The number of carbonyl (C=O) groups excluding carboxylic acids is 2. The minimum Gasteiger partial charge on any atom is -0.463 e. The van der Waals surface area contributed by atoms with Crippen molar-refractivity contribution in [1.82, 2.24) is 0 Å². The fraction of sp³-hybridized carbons (Fsp3) is 0.500. The number of ether oxygens (including phenoxy) is 1. The SMILES string of the molecule is C=CC(C)/C(C(=O)OCC)=C(\C)SC(C)=O. The van der Waals surface area contributed by atoms with Crippen molar-refractivity contribution in [2.75, 3.05) is 6.61 Å². The molecule has 1 unspecified atom stereocenters. The van der Waals surface area contributed by atoms with E-state index in [1.807, 2.05) is 6.92 Å². The molecule has 0 aromatic carbocycles. The molecule has 3 nitrogen and oxygen atoms in total. The second-order valence-corrected chi connectivity index (χ2v) is 4.70. The number of thioether (sulfide) groups is 1. The second-order valence-electron chi connectivity index (χ2n) is 3.31. The molecule has 0 saturated carbocycles. The van der Waals surface area contributed by atoms with Crippen LogP contribution in [0.2, 0.25) is 0 Å². The predicted molar refractivity (Wildman–Crippen MR) is 67.0 cm³/mol. The molecule has 0 fully saturated rings. The summed E-state index contributed by atoms with van der Waals surface area (Å²) in [6, 6.07) is 0. The summed E-state index contributed by atoms with van der Waals surface area (Å²) in [5.74, 6) is -0.493. The smallest absolute Gasteiger partial charge is 0.335 e. The Labute approximate surface area is 101 Å². The molecule has 0 saturated heterocycles. The average molecular weight is 242 g/mol. The fourth-order valence-electron chi connectivity index (χ4n) is 1.25. The van der Waals surface area contributed by atoms with E-state index in [0.717, 1.165) is 11.8 Å². The molecule has 1 atom stereocenters. The van der Waals surface area contributed by atoms with Crippen LogP contribution in [0.4, 0.5) is 0 Å². The molecule has 0 amide bonds. The highest BCUT2D eigenvalue weighted by Crippen LogP contribution is 2.26. The number of hydrogen-bond donors (Lipinski definition) is 0. The first kappa shape index (κ1) is 15.0. The molecular formula is C12H18O3S. The predicted octanol–water partition coefficient (Wildman–Crippen LogP) is 2.93. The van der Waals surface area contributed by atoms with Crippen LogP contribution in [-0.2, 0) is 14.3 Å². The third-order valence-corrected chi connectivity index (χ3v) is 2.79. The molecule has 0 spiro atoms. The van der Waals surface area contributed by atoms with Crippen molar-refractivity contribution in [3.8, 4) is 0 Å². The van der Waals surface area contributed by atoms with E-state index in [1.165, 1.54) is 6.92 Å². The lowest BCUT2D eigenvalue weighted by atomic mass is 10.0. The fourth-order valence-corrected chi connectivity index (χ4v) is 2.06. The van der Waals surface area contributed by atoms with Gasteiger partial charge in [0.25, 0.3) is 0 Å². The second kappa shape index (κ2) is 7.28. The van der Waals surface area contributed by atoms with Crippen molar-refractivity contribution in [3.63, 3.8) is 0 Å². The molecule has 0 bridgehead atoms. The van der Waals surface area contributed by atoms with Gasteiger partial charge in [0.1, 0.15) is 0 Å². The first-order chi connectivity index (χ1) is 7.43. The van der Waals surface area contributed by atoms with Crippen molar-refractivity contribution in [3.05, 3.63) is 23.1 Å². The number of hydrogen-bond acceptors (Lipinski definition) is 4. The molecule has 0 rings (SSSR count). The third kappa shape index (κ3) is 4.66. The minimum absolute atomic E-state index is 0.0458. The topological polar surface area (TPSA) is 43.4 Å². The molecule has 0 aliphatic rings. The molecule has 0 aliphatic heterocycles. The Morgan fingerprint density at radius 1 is 1.44 bits per heavy atom. The molecule has 0 heterocycles. The quantitative estimate of drug-likeness (QED) is 0.422. The summed E-state index contributed by atoms with van der Waals surface area (Å²) < 4.78 is 4.96. The summed E-state index contributed by atoms with van der Waals surface area (Å²) >= 11 is 1.05. The summed E-state index contributed by atoms with van der Waals surface area (Å²) in [4.78, 5) is 23.4. The van der Waals surface area contributed by atoms with Crippen LogP contribution in [0.1, 0.15) is 27.7 Å². The summed E-state index contributed by atoms with van der Waals surface area (Å²) in [5.41, 5.74) is 0.511. The van der Waals surface area contributed by atoms with Gasteiger partial charge in [-0.3, -0.25) is 4.79 Å². The van der Waals surface area contributed by atoms with Gasteiger partial charge in [0, 0.05) is 17.7 Å². The number of esters is 1. The summed E-state index contributed by atoms with van der Waals surface area (Å²) in [6.07, 6.45) is 1.66. The van der Waals surface area contributed by atoms with E-state index >= 15 is 0 Å². The van der Waals surface area contributed by atoms with Crippen LogP contribution in [0.5, 0.6) is 0 Å². The van der Waals surface area contributed by atoms with Crippen LogP contribution in [0.15, 0.2) is 23.1 Å². The molecule has 0 radical (unpaired) electrons. The Hall–Kier alpha value is -1.03. The Kier molecular flexibility index (Phi) is 6.81. The highest BCUT2D eigenvalue weighted by atomic mass is 32.2. The summed E-state index contributed by atoms with van der Waals surface area (Å²) in [5, 5.41) is -0.0458. The first-order valence-corrected chi connectivity index (χ1v) is 5.94. The molecule has 0 aromatic rings. The van der Waals surface area contributed by atoms with Gasteiger partial charge in [-0.2, -0.15) is 0 Å².